The second-order valence-electron chi connectivity index (χ2n) is 5.20. The molecule has 3 rings (SSSR count). The van der Waals surface area contributed by atoms with Crippen molar-refractivity contribution in [1.29, 1.82) is 0 Å². The molecule has 1 amide bonds. The van der Waals surface area contributed by atoms with Crippen LogP contribution >= 0.6 is 0 Å². The second kappa shape index (κ2) is 6.68. The van der Waals surface area contributed by atoms with Crippen LogP contribution in [0.3, 0.4) is 0 Å². The Balaban J connectivity index is 1.71. The third-order valence-electron chi connectivity index (χ3n) is 3.32. The number of nitrogens with zero attached hydrogens (tertiary/aromatic N) is 1. The number of hydrogen-bond donors (Lipinski definition) is 2. The summed E-state index contributed by atoms with van der Waals surface area (Å²) in [6, 6.07) is 9.71. The van der Waals surface area contributed by atoms with E-state index in [-0.39, 0.29) is 0 Å². The van der Waals surface area contributed by atoms with E-state index in [4.69, 9.17) is 4.52 Å². The summed E-state index contributed by atoms with van der Waals surface area (Å²) in [4.78, 5) is 12.0. The van der Waals surface area contributed by atoms with Crippen molar-refractivity contribution in [2.75, 3.05) is 10.6 Å². The molecule has 0 saturated carbocycles. The molecular formula is C17H12F3N3O2. The molecule has 0 aliphatic carbocycles. The van der Waals surface area contributed by atoms with Gasteiger partial charge < -0.3 is 15.2 Å². The normalized spacial score (nSPS) is 10.6. The molecule has 3 aromatic rings. The van der Waals surface area contributed by atoms with Crippen molar-refractivity contribution in [3.8, 4) is 0 Å². The zero-order chi connectivity index (χ0) is 18.0. The Hall–Kier alpha value is -3.29. The number of carbonyl (C=O) groups excluding carboxylic acids is 1. The molecule has 0 atom stereocenters. The first-order valence-electron chi connectivity index (χ1n) is 7.19. The molecule has 2 aromatic carbocycles. The highest BCUT2D eigenvalue weighted by molar-refractivity contribution is 6.04. The van der Waals surface area contributed by atoms with Crippen LogP contribution in [-0.2, 0) is 0 Å². The monoisotopic (exact) mass is 347 g/mol. The van der Waals surface area contributed by atoms with E-state index in [1.165, 1.54) is 0 Å². The van der Waals surface area contributed by atoms with Gasteiger partial charge in [0.2, 0.25) is 0 Å². The van der Waals surface area contributed by atoms with Gasteiger partial charge in [-0.1, -0.05) is 5.16 Å². The van der Waals surface area contributed by atoms with Crippen LogP contribution in [0.1, 0.15) is 16.1 Å². The molecule has 0 radical (unpaired) electrons. The number of hydrogen-bond acceptors (Lipinski definition) is 4. The molecule has 0 fully saturated rings. The predicted octanol–water partition coefficient (Wildman–Crippen LogP) is 4.40. The first kappa shape index (κ1) is 16.6. The Morgan fingerprint density at radius 1 is 1.00 bits per heavy atom. The van der Waals surface area contributed by atoms with Crippen LogP contribution in [0.2, 0.25) is 0 Å². The van der Waals surface area contributed by atoms with Gasteiger partial charge in [0.1, 0.15) is 5.76 Å². The third kappa shape index (κ3) is 3.63. The van der Waals surface area contributed by atoms with Crippen LogP contribution in [0.15, 0.2) is 47.0 Å². The molecule has 128 valence electrons. The number of carbonyl (C=O) groups is 1. The third-order valence-corrected chi connectivity index (χ3v) is 3.32. The number of rotatable bonds is 4. The largest absolute Gasteiger partial charge is 0.360 e. The Morgan fingerprint density at radius 3 is 2.32 bits per heavy atom. The fraction of sp³-hybridized carbons (Fsp3) is 0.0588. The van der Waals surface area contributed by atoms with Crippen LogP contribution in [0.25, 0.3) is 0 Å². The van der Waals surface area contributed by atoms with E-state index in [1.807, 2.05) is 0 Å². The van der Waals surface area contributed by atoms with E-state index in [0.29, 0.717) is 29.0 Å². The Bertz CT molecular complexity index is 923. The summed E-state index contributed by atoms with van der Waals surface area (Å²) in [5, 5.41) is 9.18. The molecular weight excluding hydrogens is 335 g/mol. The highest BCUT2D eigenvalue weighted by Crippen LogP contribution is 2.20. The van der Waals surface area contributed by atoms with Crippen LogP contribution in [0.5, 0.6) is 0 Å². The van der Waals surface area contributed by atoms with Crippen LogP contribution in [-0.4, -0.2) is 11.1 Å². The fourth-order valence-corrected chi connectivity index (χ4v) is 2.11. The molecule has 2 N–H and O–H groups in total. The van der Waals surface area contributed by atoms with Crippen molar-refractivity contribution >= 4 is 23.1 Å². The lowest BCUT2D eigenvalue weighted by atomic mass is 10.1. The van der Waals surface area contributed by atoms with Crippen molar-refractivity contribution < 1.29 is 22.5 Å². The van der Waals surface area contributed by atoms with Gasteiger partial charge in [0.05, 0.1) is 5.56 Å². The van der Waals surface area contributed by atoms with E-state index < -0.39 is 28.9 Å². The van der Waals surface area contributed by atoms with Crippen molar-refractivity contribution in [3.63, 3.8) is 0 Å². The molecule has 1 aromatic heterocycles. The Kier molecular flexibility index (Phi) is 4.42. The summed E-state index contributed by atoms with van der Waals surface area (Å²) in [7, 11) is 0. The molecule has 8 heteroatoms. The van der Waals surface area contributed by atoms with Gasteiger partial charge in [0, 0.05) is 17.4 Å². The van der Waals surface area contributed by atoms with E-state index in [2.05, 4.69) is 15.8 Å². The number of aryl methyl sites for hydroxylation is 1. The smallest absolute Gasteiger partial charge is 0.258 e. The van der Waals surface area contributed by atoms with Gasteiger partial charge in [-0.3, -0.25) is 4.79 Å². The zero-order valence-electron chi connectivity index (χ0n) is 12.9. The standard InChI is InChI=1S/C17H12F3N3O2/c1-9-8-14(23-25-9)21-10-2-4-11(5-3-10)22-17(24)12-6-7-13(18)16(20)15(12)19/h2-8H,1H3,(H,21,23)(H,22,24). The number of benzene rings is 2. The van der Waals surface area contributed by atoms with Gasteiger partial charge in [-0.25, -0.2) is 13.2 Å². The van der Waals surface area contributed by atoms with Gasteiger partial charge in [0.25, 0.3) is 5.91 Å². The molecule has 0 bridgehead atoms. The maximum absolute atomic E-state index is 13.6. The summed E-state index contributed by atoms with van der Waals surface area (Å²) in [5.41, 5.74) is 0.459. The topological polar surface area (TPSA) is 67.2 Å². The first-order valence-corrected chi connectivity index (χ1v) is 7.19. The SMILES string of the molecule is Cc1cc(Nc2ccc(NC(=O)c3ccc(F)c(F)c3F)cc2)no1. The summed E-state index contributed by atoms with van der Waals surface area (Å²) < 4.78 is 44.7. The second-order valence-corrected chi connectivity index (χ2v) is 5.20. The minimum atomic E-state index is -1.69. The number of nitrogens with one attached hydrogen (secondary N) is 2. The quantitative estimate of drug-likeness (QED) is 0.687. The summed E-state index contributed by atoms with van der Waals surface area (Å²) >= 11 is 0. The maximum Gasteiger partial charge on any atom is 0.258 e. The molecule has 0 aliphatic heterocycles. The molecule has 0 unspecified atom stereocenters. The van der Waals surface area contributed by atoms with Crippen LogP contribution < -0.4 is 10.6 Å². The lowest BCUT2D eigenvalue weighted by molar-refractivity contribution is 0.102. The van der Waals surface area contributed by atoms with E-state index in [9.17, 15) is 18.0 Å². The Morgan fingerprint density at radius 2 is 1.68 bits per heavy atom. The molecule has 1 heterocycles. The van der Waals surface area contributed by atoms with E-state index in [0.717, 1.165) is 6.07 Å². The number of amides is 1. The van der Waals surface area contributed by atoms with Gasteiger partial charge >= 0.3 is 0 Å². The molecule has 25 heavy (non-hydrogen) atoms. The Labute approximate surface area is 140 Å². The molecule has 0 saturated heterocycles. The van der Waals surface area contributed by atoms with Gasteiger partial charge in [0.15, 0.2) is 23.3 Å². The number of anilines is 3. The lowest BCUT2D eigenvalue weighted by Crippen LogP contribution is -2.15. The summed E-state index contributed by atoms with van der Waals surface area (Å²) in [6.07, 6.45) is 0. The van der Waals surface area contributed by atoms with Gasteiger partial charge in [-0.15, -0.1) is 0 Å². The van der Waals surface area contributed by atoms with Crippen LogP contribution in [0, 0.1) is 24.4 Å². The number of aromatic nitrogens is 1. The minimum Gasteiger partial charge on any atom is -0.360 e. The fourth-order valence-electron chi connectivity index (χ4n) is 2.11. The molecule has 5 nitrogen and oxygen atoms in total. The average molecular weight is 347 g/mol. The lowest BCUT2D eigenvalue weighted by Gasteiger charge is -2.08. The van der Waals surface area contributed by atoms with Crippen molar-refractivity contribution in [3.05, 3.63) is 71.2 Å². The van der Waals surface area contributed by atoms with Crippen molar-refractivity contribution in [2.24, 2.45) is 0 Å². The minimum absolute atomic E-state index is 0.357. The van der Waals surface area contributed by atoms with Gasteiger partial charge in [-0.05, 0) is 43.3 Å². The van der Waals surface area contributed by atoms with E-state index in [1.54, 1.807) is 37.3 Å². The predicted molar refractivity (Wildman–Crippen MR) is 85.2 cm³/mol. The van der Waals surface area contributed by atoms with Crippen molar-refractivity contribution in [2.45, 2.75) is 6.92 Å². The van der Waals surface area contributed by atoms with Crippen LogP contribution in [0.4, 0.5) is 30.4 Å². The van der Waals surface area contributed by atoms with E-state index >= 15 is 0 Å². The van der Waals surface area contributed by atoms with Gasteiger partial charge in [-0.2, -0.15) is 0 Å². The molecule has 0 spiro atoms. The maximum atomic E-state index is 13.6. The van der Waals surface area contributed by atoms with Crippen molar-refractivity contribution in [1.82, 2.24) is 5.16 Å². The summed E-state index contributed by atoms with van der Waals surface area (Å²) in [6.45, 7) is 1.76. The zero-order valence-corrected chi connectivity index (χ0v) is 12.9. The highest BCUT2D eigenvalue weighted by atomic mass is 19.2. The molecule has 0 aliphatic rings. The number of halogens is 3. The first-order chi connectivity index (χ1) is 11.9. The summed E-state index contributed by atoms with van der Waals surface area (Å²) in [5.74, 6) is -4.28. The highest BCUT2D eigenvalue weighted by Gasteiger charge is 2.18. The average Bonchev–Trinajstić information content (AvgIpc) is 2.99.